The third kappa shape index (κ3) is 2.37. The van der Waals surface area contributed by atoms with Crippen LogP contribution in [0, 0.1) is 0 Å². The van der Waals surface area contributed by atoms with Gasteiger partial charge >= 0.3 is 0 Å². The molecule has 1 saturated carbocycles. The summed E-state index contributed by atoms with van der Waals surface area (Å²) in [4.78, 5) is 25.3. The topological polar surface area (TPSA) is 49.3 Å². The number of nitrogens with zero attached hydrogens (tertiary/aromatic N) is 4. The van der Waals surface area contributed by atoms with Gasteiger partial charge in [0.1, 0.15) is 11.7 Å². The SMILES string of the molecule is CCC1C(=O)N(CC)c2cnc(Cl)nc2N1C1CCCC1. The smallest absolute Gasteiger partial charge is 0.249 e. The van der Waals surface area contributed by atoms with E-state index in [1.165, 1.54) is 12.8 Å². The van der Waals surface area contributed by atoms with E-state index >= 15 is 0 Å². The molecule has 0 aromatic carbocycles. The lowest BCUT2D eigenvalue weighted by Gasteiger charge is -2.44. The zero-order chi connectivity index (χ0) is 15.0. The summed E-state index contributed by atoms with van der Waals surface area (Å²) in [5.74, 6) is 0.987. The van der Waals surface area contributed by atoms with Crippen LogP contribution in [0.2, 0.25) is 5.28 Å². The fraction of sp³-hybridized carbons (Fsp3) is 0.667. The van der Waals surface area contributed by atoms with Crippen molar-refractivity contribution in [3.05, 3.63) is 11.5 Å². The number of halogens is 1. The van der Waals surface area contributed by atoms with Crippen LogP contribution in [0.5, 0.6) is 0 Å². The monoisotopic (exact) mass is 308 g/mol. The van der Waals surface area contributed by atoms with Crippen LogP contribution in [0.1, 0.15) is 46.0 Å². The largest absolute Gasteiger partial charge is 0.340 e. The molecule has 1 aromatic heterocycles. The molecule has 1 aliphatic heterocycles. The molecule has 114 valence electrons. The van der Waals surface area contributed by atoms with Crippen LogP contribution < -0.4 is 9.80 Å². The van der Waals surface area contributed by atoms with Gasteiger partial charge in [0.2, 0.25) is 11.2 Å². The summed E-state index contributed by atoms with van der Waals surface area (Å²) in [5, 5.41) is 0.247. The second kappa shape index (κ2) is 5.79. The molecule has 21 heavy (non-hydrogen) atoms. The second-order valence-electron chi connectivity index (χ2n) is 5.70. The Morgan fingerprint density at radius 1 is 1.33 bits per heavy atom. The molecule has 1 atom stereocenters. The van der Waals surface area contributed by atoms with Crippen LogP contribution in [0.15, 0.2) is 6.20 Å². The van der Waals surface area contributed by atoms with Crippen LogP contribution in [0.3, 0.4) is 0 Å². The minimum atomic E-state index is -0.133. The Labute approximate surface area is 130 Å². The van der Waals surface area contributed by atoms with E-state index in [1.807, 2.05) is 6.92 Å². The van der Waals surface area contributed by atoms with Gasteiger partial charge in [0.05, 0.1) is 6.20 Å². The highest BCUT2D eigenvalue weighted by Crippen LogP contribution is 2.40. The molecule has 2 heterocycles. The van der Waals surface area contributed by atoms with E-state index in [1.54, 1.807) is 11.1 Å². The molecular weight excluding hydrogens is 288 g/mol. The standard InChI is InChI=1S/C15H21ClN4O/c1-3-11-14(21)19(4-2)12-9-17-15(16)18-13(12)20(11)10-7-5-6-8-10/h9-11H,3-8H2,1-2H3. The maximum absolute atomic E-state index is 12.8. The van der Waals surface area contributed by atoms with E-state index in [2.05, 4.69) is 21.8 Å². The number of amides is 1. The molecule has 0 bridgehead atoms. The Morgan fingerprint density at radius 2 is 2.05 bits per heavy atom. The quantitative estimate of drug-likeness (QED) is 0.805. The molecule has 1 aromatic rings. The van der Waals surface area contributed by atoms with Gasteiger partial charge in [-0.3, -0.25) is 4.79 Å². The molecule has 0 N–H and O–H groups in total. The number of fused-ring (bicyclic) bond motifs is 1. The maximum atomic E-state index is 12.8. The first-order chi connectivity index (χ1) is 10.2. The highest BCUT2D eigenvalue weighted by Gasteiger charge is 2.41. The first-order valence-corrected chi connectivity index (χ1v) is 8.17. The van der Waals surface area contributed by atoms with Gasteiger partial charge in [-0.15, -0.1) is 0 Å². The Bertz CT molecular complexity index is 544. The summed E-state index contributed by atoms with van der Waals surface area (Å²) in [6.45, 7) is 4.67. The number of likely N-dealkylation sites (N-methyl/N-ethyl adjacent to an activating group) is 1. The Balaban J connectivity index is 2.11. The third-order valence-corrected chi connectivity index (χ3v) is 4.75. The average Bonchev–Trinajstić information content (AvgIpc) is 3.00. The highest BCUT2D eigenvalue weighted by atomic mass is 35.5. The summed E-state index contributed by atoms with van der Waals surface area (Å²) in [6, 6.07) is 0.258. The Morgan fingerprint density at radius 3 is 2.67 bits per heavy atom. The van der Waals surface area contributed by atoms with E-state index in [9.17, 15) is 4.79 Å². The normalized spacial score (nSPS) is 22.8. The van der Waals surface area contributed by atoms with Gasteiger partial charge in [0.25, 0.3) is 0 Å². The van der Waals surface area contributed by atoms with Crippen LogP contribution in [0.25, 0.3) is 0 Å². The molecule has 1 amide bonds. The summed E-state index contributed by atoms with van der Waals surface area (Å²) >= 11 is 6.01. The number of aromatic nitrogens is 2. The molecule has 6 heteroatoms. The minimum absolute atomic E-state index is 0.133. The maximum Gasteiger partial charge on any atom is 0.249 e. The predicted octanol–water partition coefficient (Wildman–Crippen LogP) is 3.02. The van der Waals surface area contributed by atoms with Crippen LogP contribution in [-0.2, 0) is 4.79 Å². The van der Waals surface area contributed by atoms with Crippen molar-refractivity contribution in [2.75, 3.05) is 16.3 Å². The number of rotatable bonds is 3. The molecule has 0 radical (unpaired) electrons. The van der Waals surface area contributed by atoms with Crippen LogP contribution >= 0.6 is 11.6 Å². The summed E-state index contributed by atoms with van der Waals surface area (Å²) < 4.78 is 0. The van der Waals surface area contributed by atoms with Crippen LogP contribution in [-0.4, -0.2) is 34.5 Å². The van der Waals surface area contributed by atoms with Crippen molar-refractivity contribution in [2.45, 2.75) is 58.0 Å². The summed E-state index contributed by atoms with van der Waals surface area (Å²) in [5.41, 5.74) is 0.795. The third-order valence-electron chi connectivity index (χ3n) is 4.56. The number of anilines is 2. The number of hydrogen-bond acceptors (Lipinski definition) is 4. The average molecular weight is 309 g/mol. The lowest BCUT2D eigenvalue weighted by Crippen LogP contribution is -2.56. The fourth-order valence-electron chi connectivity index (χ4n) is 3.60. The zero-order valence-corrected chi connectivity index (χ0v) is 13.3. The lowest BCUT2D eigenvalue weighted by atomic mass is 10.0. The first-order valence-electron chi connectivity index (χ1n) is 7.79. The van der Waals surface area contributed by atoms with Crippen molar-refractivity contribution in [1.82, 2.24) is 9.97 Å². The van der Waals surface area contributed by atoms with Crippen molar-refractivity contribution in [3.8, 4) is 0 Å². The van der Waals surface area contributed by atoms with E-state index in [-0.39, 0.29) is 17.2 Å². The molecule has 3 rings (SSSR count). The van der Waals surface area contributed by atoms with Crippen molar-refractivity contribution in [2.24, 2.45) is 0 Å². The highest BCUT2D eigenvalue weighted by molar-refractivity contribution is 6.28. The van der Waals surface area contributed by atoms with Crippen molar-refractivity contribution < 1.29 is 4.79 Å². The van der Waals surface area contributed by atoms with E-state index in [0.29, 0.717) is 12.6 Å². The number of hydrogen-bond donors (Lipinski definition) is 0. The molecule has 2 aliphatic rings. The van der Waals surface area contributed by atoms with E-state index in [4.69, 9.17) is 11.6 Å². The minimum Gasteiger partial charge on any atom is -0.340 e. The summed E-state index contributed by atoms with van der Waals surface area (Å²) in [6.07, 6.45) is 7.15. The molecular formula is C15H21ClN4O. The van der Waals surface area contributed by atoms with Gasteiger partial charge in [-0.05, 0) is 37.8 Å². The first kappa shape index (κ1) is 14.6. The van der Waals surface area contributed by atoms with Gasteiger partial charge in [-0.1, -0.05) is 19.8 Å². The fourth-order valence-corrected chi connectivity index (χ4v) is 3.73. The van der Waals surface area contributed by atoms with Gasteiger partial charge in [0, 0.05) is 12.6 Å². The summed E-state index contributed by atoms with van der Waals surface area (Å²) in [7, 11) is 0. The predicted molar refractivity (Wildman–Crippen MR) is 83.9 cm³/mol. The van der Waals surface area contributed by atoms with Gasteiger partial charge in [-0.25, -0.2) is 4.98 Å². The van der Waals surface area contributed by atoms with Gasteiger partial charge in [-0.2, -0.15) is 4.98 Å². The van der Waals surface area contributed by atoms with Gasteiger partial charge in [0.15, 0.2) is 5.82 Å². The van der Waals surface area contributed by atoms with Crippen LogP contribution in [0.4, 0.5) is 11.5 Å². The molecule has 5 nitrogen and oxygen atoms in total. The second-order valence-corrected chi connectivity index (χ2v) is 6.04. The molecule has 1 aliphatic carbocycles. The van der Waals surface area contributed by atoms with Crippen molar-refractivity contribution >= 4 is 29.0 Å². The lowest BCUT2D eigenvalue weighted by molar-refractivity contribution is -0.120. The number of carbonyl (C=O) groups excluding carboxylic acids is 1. The van der Waals surface area contributed by atoms with Crippen molar-refractivity contribution in [3.63, 3.8) is 0 Å². The Kier molecular flexibility index (Phi) is 4.02. The molecule has 1 fully saturated rings. The van der Waals surface area contributed by atoms with Gasteiger partial charge < -0.3 is 9.80 Å². The van der Waals surface area contributed by atoms with Crippen molar-refractivity contribution in [1.29, 1.82) is 0 Å². The number of carbonyl (C=O) groups is 1. The molecule has 1 unspecified atom stereocenters. The Hall–Kier alpha value is -1.36. The van der Waals surface area contributed by atoms with E-state index < -0.39 is 0 Å². The molecule has 0 spiro atoms. The zero-order valence-electron chi connectivity index (χ0n) is 12.5. The van der Waals surface area contributed by atoms with E-state index in [0.717, 1.165) is 30.8 Å². The molecule has 0 saturated heterocycles.